The Bertz CT molecular complexity index is 528. The molecule has 0 aromatic rings. The summed E-state index contributed by atoms with van der Waals surface area (Å²) in [5, 5.41) is 0. The highest BCUT2D eigenvalue weighted by Crippen LogP contribution is 2.67. The van der Waals surface area contributed by atoms with Crippen molar-refractivity contribution in [3.05, 3.63) is 0 Å². The quantitative estimate of drug-likeness (QED) is 0.574. The van der Waals surface area contributed by atoms with E-state index in [0.717, 1.165) is 23.7 Å². The van der Waals surface area contributed by atoms with E-state index in [1.807, 2.05) is 0 Å². The number of fused-ring (bicyclic) bond motifs is 5. The minimum absolute atomic E-state index is 0.0886. The highest BCUT2D eigenvalue weighted by Gasteiger charge is 2.60. The van der Waals surface area contributed by atoms with Crippen molar-refractivity contribution in [3.63, 3.8) is 0 Å². The van der Waals surface area contributed by atoms with E-state index in [1.165, 1.54) is 64.2 Å². The molecule has 2 nitrogen and oxygen atoms in total. The molecule has 0 N–H and O–H groups in total. The molecule has 0 aromatic carbocycles. The number of carbonyl (C=O) groups is 1. The Morgan fingerprint density at radius 3 is 2.44 bits per heavy atom. The number of esters is 1. The van der Waals surface area contributed by atoms with Crippen molar-refractivity contribution in [2.24, 2.45) is 40.4 Å². The minimum atomic E-state index is -0.108. The van der Waals surface area contributed by atoms with E-state index in [2.05, 4.69) is 20.8 Å². The zero-order valence-corrected chi connectivity index (χ0v) is 16.9. The molecule has 0 spiro atoms. The van der Waals surface area contributed by atoms with Gasteiger partial charge < -0.3 is 4.74 Å². The summed E-state index contributed by atoms with van der Waals surface area (Å²) in [6, 6.07) is 0. The highest BCUT2D eigenvalue weighted by atomic mass is 16.5. The van der Waals surface area contributed by atoms with Crippen LogP contribution in [0.25, 0.3) is 0 Å². The molecule has 8 atom stereocenters. The largest absolute Gasteiger partial charge is 0.463 e. The lowest BCUT2D eigenvalue weighted by Crippen LogP contribution is -2.53. The molecule has 0 aliphatic heterocycles. The summed E-state index contributed by atoms with van der Waals surface area (Å²) in [6.07, 6.45) is 14.4. The van der Waals surface area contributed by atoms with Crippen molar-refractivity contribution >= 4 is 5.97 Å². The Kier molecular flexibility index (Phi) is 4.48. The Morgan fingerprint density at radius 1 is 0.920 bits per heavy atom. The van der Waals surface area contributed by atoms with Gasteiger partial charge in [-0.15, -0.1) is 0 Å². The molecule has 0 bridgehead atoms. The fourth-order valence-electron chi connectivity index (χ4n) is 8.45. The van der Waals surface area contributed by atoms with Gasteiger partial charge >= 0.3 is 5.97 Å². The van der Waals surface area contributed by atoms with E-state index in [1.54, 1.807) is 6.92 Å². The Balaban J connectivity index is 1.56. The predicted molar refractivity (Wildman–Crippen MR) is 101 cm³/mol. The zero-order chi connectivity index (χ0) is 17.8. The third-order valence-corrected chi connectivity index (χ3v) is 9.58. The molecule has 4 aliphatic carbocycles. The summed E-state index contributed by atoms with van der Waals surface area (Å²) >= 11 is 0. The summed E-state index contributed by atoms with van der Waals surface area (Å²) in [7, 11) is 0. The van der Waals surface area contributed by atoms with Gasteiger partial charge in [-0.1, -0.05) is 26.7 Å². The van der Waals surface area contributed by atoms with Crippen LogP contribution in [0.15, 0.2) is 0 Å². The monoisotopic (exact) mass is 346 g/mol. The van der Waals surface area contributed by atoms with E-state index in [0.29, 0.717) is 16.7 Å². The highest BCUT2D eigenvalue weighted by molar-refractivity contribution is 5.66. The van der Waals surface area contributed by atoms with Crippen LogP contribution in [0.3, 0.4) is 0 Å². The van der Waals surface area contributed by atoms with Gasteiger partial charge in [0.2, 0.25) is 0 Å². The average molecular weight is 347 g/mol. The van der Waals surface area contributed by atoms with Gasteiger partial charge in [0.05, 0.1) is 0 Å². The summed E-state index contributed by atoms with van der Waals surface area (Å²) in [6.45, 7) is 8.91. The molecule has 4 aliphatic rings. The molecular formula is C23H38O2. The molecule has 0 radical (unpaired) electrons. The Labute approximate surface area is 154 Å². The van der Waals surface area contributed by atoms with Crippen LogP contribution < -0.4 is 0 Å². The maximum absolute atomic E-state index is 11.5. The lowest BCUT2D eigenvalue weighted by molar-refractivity contribution is -0.154. The molecule has 4 rings (SSSR count). The summed E-state index contributed by atoms with van der Waals surface area (Å²) in [5.74, 6) is 4.24. The minimum Gasteiger partial charge on any atom is -0.463 e. The van der Waals surface area contributed by atoms with Crippen LogP contribution in [0, 0.1) is 40.4 Å². The van der Waals surface area contributed by atoms with Gasteiger partial charge in [0.25, 0.3) is 0 Å². The zero-order valence-electron chi connectivity index (χ0n) is 16.9. The third kappa shape index (κ3) is 2.69. The summed E-state index contributed by atoms with van der Waals surface area (Å²) in [5.41, 5.74) is 1.02. The van der Waals surface area contributed by atoms with Crippen molar-refractivity contribution < 1.29 is 9.53 Å². The van der Waals surface area contributed by atoms with Crippen molar-refractivity contribution in [2.45, 2.75) is 98.0 Å². The lowest BCUT2D eigenvalue weighted by Gasteiger charge is -2.60. The summed E-state index contributed by atoms with van der Waals surface area (Å²) < 4.78 is 5.65. The van der Waals surface area contributed by atoms with E-state index >= 15 is 0 Å². The number of hydrogen-bond acceptors (Lipinski definition) is 2. The standard InChI is InChI=1S/C23H38O2/c1-15(25-16(2)24)19-10-11-20-18-9-8-17-7-5-6-13-22(17,3)21(18)12-14-23(19,20)4/h15,17-21H,5-14H2,1-4H3/t15-,17+,18?,19?,20?,21?,22?,23?/m0/s1. The van der Waals surface area contributed by atoms with E-state index in [4.69, 9.17) is 4.74 Å². The van der Waals surface area contributed by atoms with Crippen molar-refractivity contribution in [2.75, 3.05) is 0 Å². The molecule has 0 saturated heterocycles. The van der Waals surface area contributed by atoms with E-state index in [9.17, 15) is 4.79 Å². The fraction of sp³-hybridized carbons (Fsp3) is 0.957. The van der Waals surface area contributed by atoms with Crippen molar-refractivity contribution in [3.8, 4) is 0 Å². The van der Waals surface area contributed by atoms with Crippen LogP contribution in [0.2, 0.25) is 0 Å². The second kappa shape index (κ2) is 6.27. The average Bonchev–Trinajstić information content (AvgIpc) is 2.91. The maximum atomic E-state index is 11.5. The van der Waals surface area contributed by atoms with Gasteiger partial charge in [-0.25, -0.2) is 0 Å². The summed E-state index contributed by atoms with van der Waals surface area (Å²) in [4.78, 5) is 11.5. The van der Waals surface area contributed by atoms with Gasteiger partial charge in [-0.05, 0) is 92.8 Å². The molecule has 4 fully saturated rings. The van der Waals surface area contributed by atoms with Crippen molar-refractivity contribution in [1.82, 2.24) is 0 Å². The third-order valence-electron chi connectivity index (χ3n) is 9.58. The van der Waals surface area contributed by atoms with Crippen LogP contribution in [0.1, 0.15) is 91.9 Å². The normalized spacial score (nSPS) is 50.3. The van der Waals surface area contributed by atoms with E-state index in [-0.39, 0.29) is 12.1 Å². The van der Waals surface area contributed by atoms with Crippen LogP contribution in [-0.2, 0) is 9.53 Å². The Morgan fingerprint density at radius 2 is 1.68 bits per heavy atom. The van der Waals surface area contributed by atoms with E-state index < -0.39 is 0 Å². The van der Waals surface area contributed by atoms with Crippen LogP contribution in [-0.4, -0.2) is 12.1 Å². The smallest absolute Gasteiger partial charge is 0.302 e. The van der Waals surface area contributed by atoms with Crippen LogP contribution in [0.5, 0.6) is 0 Å². The number of carbonyl (C=O) groups excluding carboxylic acids is 1. The van der Waals surface area contributed by atoms with Gasteiger partial charge in [-0.2, -0.15) is 0 Å². The molecular weight excluding hydrogens is 308 g/mol. The maximum Gasteiger partial charge on any atom is 0.302 e. The number of rotatable bonds is 2. The topological polar surface area (TPSA) is 26.3 Å². The van der Waals surface area contributed by atoms with Gasteiger partial charge in [0.15, 0.2) is 0 Å². The molecule has 6 unspecified atom stereocenters. The number of ether oxygens (including phenoxy) is 1. The fourth-order valence-corrected chi connectivity index (χ4v) is 8.45. The lowest BCUT2D eigenvalue weighted by atomic mass is 9.45. The Hall–Kier alpha value is -0.530. The first kappa shape index (κ1) is 17.9. The molecule has 142 valence electrons. The molecule has 4 saturated carbocycles. The first-order valence-electron chi connectivity index (χ1n) is 11.0. The van der Waals surface area contributed by atoms with Crippen molar-refractivity contribution in [1.29, 1.82) is 0 Å². The molecule has 0 amide bonds. The van der Waals surface area contributed by atoms with Gasteiger partial charge in [-0.3, -0.25) is 4.79 Å². The SMILES string of the molecule is CC(=O)O[C@@H](C)C1CCC2C3CC[C@H]4CCCCC4(C)C3CCC21C. The van der Waals surface area contributed by atoms with Crippen LogP contribution >= 0.6 is 0 Å². The second-order valence-corrected chi connectivity index (χ2v) is 10.4. The molecule has 0 aromatic heterocycles. The van der Waals surface area contributed by atoms with Gasteiger partial charge in [0.1, 0.15) is 6.10 Å². The first-order valence-corrected chi connectivity index (χ1v) is 11.0. The first-order chi connectivity index (χ1) is 11.9. The molecule has 25 heavy (non-hydrogen) atoms. The van der Waals surface area contributed by atoms with Crippen LogP contribution in [0.4, 0.5) is 0 Å². The predicted octanol–water partition coefficient (Wildman–Crippen LogP) is 5.99. The molecule has 2 heteroatoms. The molecule has 0 heterocycles. The number of hydrogen-bond donors (Lipinski definition) is 0. The van der Waals surface area contributed by atoms with Gasteiger partial charge in [0, 0.05) is 12.8 Å². The second-order valence-electron chi connectivity index (χ2n) is 10.4.